The second kappa shape index (κ2) is 8.49. The molecule has 1 rings (SSSR count). The number of alkyl halides is 3. The second-order valence-electron chi connectivity index (χ2n) is 5.59. The highest BCUT2D eigenvalue weighted by Gasteiger charge is 2.33. The number of ether oxygens (including phenoxy) is 3. The number of benzene rings is 1. The van der Waals surface area contributed by atoms with E-state index >= 15 is 0 Å². The molecule has 0 amide bonds. The average molecular weight is 409 g/mol. The zero-order chi connectivity index (χ0) is 20.9. The molecule has 0 aromatic heterocycles. The van der Waals surface area contributed by atoms with Crippen molar-refractivity contribution in [1.29, 1.82) is 0 Å². The molecule has 7 nitrogen and oxygen atoms in total. The van der Waals surface area contributed by atoms with E-state index in [0.717, 1.165) is 18.2 Å². The lowest BCUT2D eigenvalue weighted by Crippen LogP contribution is -2.27. The molecule has 0 aliphatic carbocycles. The summed E-state index contributed by atoms with van der Waals surface area (Å²) in [4.78, 5) is 11.9. The summed E-state index contributed by atoms with van der Waals surface area (Å²) in [5, 5.41) is 0. The van der Waals surface area contributed by atoms with E-state index in [0.29, 0.717) is 0 Å². The molecular formula is C16H16F3O7S-. The fraction of sp³-hybridized carbons (Fsp3) is 0.438. The Kier molecular flexibility index (Phi) is 7.11. The SMILES string of the molecule is CC#CC(C)(C)Oc1cc(C(=O)OCCS(=O)(=O)[O-])ccc1OC(F)(F)F. The summed E-state index contributed by atoms with van der Waals surface area (Å²) < 4.78 is 83.1. The maximum absolute atomic E-state index is 12.6. The summed E-state index contributed by atoms with van der Waals surface area (Å²) >= 11 is 0. The van der Waals surface area contributed by atoms with Gasteiger partial charge in [0.25, 0.3) is 0 Å². The van der Waals surface area contributed by atoms with E-state index in [1.54, 1.807) is 0 Å². The highest BCUT2D eigenvalue weighted by molar-refractivity contribution is 7.85. The Morgan fingerprint density at radius 3 is 2.33 bits per heavy atom. The first-order valence-corrected chi connectivity index (χ1v) is 8.93. The molecule has 11 heteroatoms. The molecule has 0 fully saturated rings. The van der Waals surface area contributed by atoms with Gasteiger partial charge in [0, 0.05) is 0 Å². The van der Waals surface area contributed by atoms with Crippen LogP contribution in [-0.2, 0) is 14.9 Å². The summed E-state index contributed by atoms with van der Waals surface area (Å²) in [6.07, 6.45) is -5.00. The van der Waals surface area contributed by atoms with Crippen LogP contribution >= 0.6 is 0 Å². The van der Waals surface area contributed by atoms with Crippen LogP contribution in [0.1, 0.15) is 31.1 Å². The van der Waals surface area contributed by atoms with Crippen LogP contribution < -0.4 is 9.47 Å². The van der Waals surface area contributed by atoms with Crippen LogP contribution in [0, 0.1) is 11.8 Å². The van der Waals surface area contributed by atoms with Crippen LogP contribution in [0.2, 0.25) is 0 Å². The van der Waals surface area contributed by atoms with Crippen molar-refractivity contribution in [1.82, 2.24) is 0 Å². The molecule has 27 heavy (non-hydrogen) atoms. The van der Waals surface area contributed by atoms with Gasteiger partial charge >= 0.3 is 12.3 Å². The normalized spacial score (nSPS) is 12.0. The highest BCUT2D eigenvalue weighted by atomic mass is 32.2. The third-order valence-electron chi connectivity index (χ3n) is 2.76. The van der Waals surface area contributed by atoms with E-state index in [-0.39, 0.29) is 5.56 Å². The Hall–Kier alpha value is -2.45. The van der Waals surface area contributed by atoms with Crippen molar-refractivity contribution in [2.24, 2.45) is 0 Å². The molecule has 0 saturated heterocycles. The summed E-state index contributed by atoms with van der Waals surface area (Å²) in [5.41, 5.74) is -1.43. The summed E-state index contributed by atoms with van der Waals surface area (Å²) in [5.74, 6) is 2.08. The third kappa shape index (κ3) is 8.65. The minimum Gasteiger partial charge on any atom is -0.748 e. The van der Waals surface area contributed by atoms with Crippen molar-refractivity contribution in [3.05, 3.63) is 23.8 Å². The molecule has 0 N–H and O–H groups in total. The van der Waals surface area contributed by atoms with Gasteiger partial charge in [-0.05, 0) is 39.0 Å². The Morgan fingerprint density at radius 1 is 1.19 bits per heavy atom. The average Bonchev–Trinajstić information content (AvgIpc) is 2.45. The number of halogens is 3. The number of rotatable bonds is 7. The molecule has 0 saturated carbocycles. The standard InChI is InChI=1S/C16H17F3O7S/c1-4-7-15(2,3)25-13-10-11(5-6-12(13)26-16(17,18)19)14(20)24-8-9-27(21,22)23/h5-6,10H,8-9H2,1-3H3,(H,21,22,23)/p-1. The third-order valence-corrected chi connectivity index (χ3v) is 3.43. The predicted molar refractivity (Wildman–Crippen MR) is 86.1 cm³/mol. The number of esters is 1. The maximum atomic E-state index is 12.6. The smallest absolute Gasteiger partial charge is 0.573 e. The zero-order valence-corrected chi connectivity index (χ0v) is 15.4. The van der Waals surface area contributed by atoms with Crippen molar-refractivity contribution in [2.75, 3.05) is 12.4 Å². The molecular weight excluding hydrogens is 393 g/mol. The van der Waals surface area contributed by atoms with Crippen LogP contribution in [0.5, 0.6) is 11.5 Å². The Labute approximate surface area is 154 Å². The fourth-order valence-electron chi connectivity index (χ4n) is 1.84. The van der Waals surface area contributed by atoms with Gasteiger partial charge in [0.05, 0.1) is 21.4 Å². The molecule has 0 spiro atoms. The van der Waals surface area contributed by atoms with E-state index in [1.165, 1.54) is 20.8 Å². The summed E-state index contributed by atoms with van der Waals surface area (Å²) in [6.45, 7) is 3.79. The van der Waals surface area contributed by atoms with Crippen molar-refractivity contribution >= 4 is 16.1 Å². The summed E-state index contributed by atoms with van der Waals surface area (Å²) in [6, 6.07) is 2.76. The van der Waals surface area contributed by atoms with Gasteiger partial charge in [-0.3, -0.25) is 0 Å². The zero-order valence-electron chi connectivity index (χ0n) is 14.5. The summed E-state index contributed by atoms with van der Waals surface area (Å²) in [7, 11) is -4.58. The first-order valence-electron chi connectivity index (χ1n) is 7.36. The van der Waals surface area contributed by atoms with Gasteiger partial charge in [-0.25, -0.2) is 13.2 Å². The first-order chi connectivity index (χ1) is 12.2. The van der Waals surface area contributed by atoms with Gasteiger partial charge in [-0.15, -0.1) is 19.1 Å². The second-order valence-corrected chi connectivity index (χ2v) is 7.12. The maximum Gasteiger partial charge on any atom is 0.573 e. The van der Waals surface area contributed by atoms with Gasteiger partial charge in [-0.1, -0.05) is 5.92 Å². The monoisotopic (exact) mass is 409 g/mol. The topological polar surface area (TPSA) is 102 Å². The van der Waals surface area contributed by atoms with Crippen molar-refractivity contribution in [2.45, 2.75) is 32.7 Å². The molecule has 0 unspecified atom stereocenters. The van der Waals surface area contributed by atoms with Gasteiger partial charge in [-0.2, -0.15) is 0 Å². The van der Waals surface area contributed by atoms with E-state index in [1.807, 2.05) is 0 Å². The lowest BCUT2D eigenvalue weighted by Gasteiger charge is -2.23. The number of hydrogen-bond donors (Lipinski definition) is 0. The van der Waals surface area contributed by atoms with Crippen LogP contribution in [0.15, 0.2) is 18.2 Å². The van der Waals surface area contributed by atoms with E-state index in [2.05, 4.69) is 21.3 Å². The number of hydrogen-bond acceptors (Lipinski definition) is 7. The van der Waals surface area contributed by atoms with Crippen LogP contribution in [-0.4, -0.2) is 43.3 Å². The molecule has 0 radical (unpaired) electrons. The van der Waals surface area contributed by atoms with E-state index in [9.17, 15) is 30.9 Å². The van der Waals surface area contributed by atoms with Crippen LogP contribution in [0.25, 0.3) is 0 Å². The molecule has 0 aliphatic heterocycles. The number of carbonyl (C=O) groups is 1. The van der Waals surface area contributed by atoms with Crippen molar-refractivity contribution in [3.8, 4) is 23.3 Å². The predicted octanol–water partition coefficient (Wildman–Crippen LogP) is 2.47. The van der Waals surface area contributed by atoms with Gasteiger partial charge in [0.2, 0.25) is 0 Å². The molecule has 1 aromatic rings. The largest absolute Gasteiger partial charge is 0.748 e. The Bertz CT molecular complexity index is 849. The Morgan fingerprint density at radius 2 is 1.81 bits per heavy atom. The fourth-order valence-corrected chi connectivity index (χ4v) is 2.13. The van der Waals surface area contributed by atoms with Crippen molar-refractivity contribution < 1.29 is 45.1 Å². The minimum absolute atomic E-state index is 0.233. The van der Waals surface area contributed by atoms with Gasteiger partial charge in [0.15, 0.2) is 17.1 Å². The molecule has 0 bridgehead atoms. The van der Waals surface area contributed by atoms with Crippen LogP contribution in [0.4, 0.5) is 13.2 Å². The van der Waals surface area contributed by atoms with E-state index in [4.69, 9.17) is 4.74 Å². The van der Waals surface area contributed by atoms with Crippen molar-refractivity contribution in [3.63, 3.8) is 0 Å². The molecule has 0 heterocycles. The molecule has 0 atom stereocenters. The quantitative estimate of drug-likeness (QED) is 0.387. The lowest BCUT2D eigenvalue weighted by atomic mass is 10.1. The lowest BCUT2D eigenvalue weighted by molar-refractivity contribution is -0.275. The molecule has 0 aliphatic rings. The first kappa shape index (κ1) is 22.6. The minimum atomic E-state index is -5.00. The Balaban J connectivity index is 3.12. The van der Waals surface area contributed by atoms with E-state index < -0.39 is 51.9 Å². The number of carbonyl (C=O) groups excluding carboxylic acids is 1. The van der Waals surface area contributed by atoms with Crippen LogP contribution in [0.3, 0.4) is 0 Å². The van der Waals surface area contributed by atoms with Gasteiger partial charge < -0.3 is 18.8 Å². The molecule has 150 valence electrons. The van der Waals surface area contributed by atoms with Gasteiger partial charge in [0.1, 0.15) is 6.61 Å². The highest BCUT2D eigenvalue weighted by Crippen LogP contribution is 2.35. The molecule has 1 aromatic carbocycles.